The number of benzene rings is 1. The van der Waals surface area contributed by atoms with E-state index in [1.54, 1.807) is 0 Å². The van der Waals surface area contributed by atoms with Crippen LogP contribution >= 0.6 is 11.6 Å². The van der Waals surface area contributed by atoms with Crippen LogP contribution in [0.3, 0.4) is 0 Å². The molecule has 18 heavy (non-hydrogen) atoms. The molecule has 0 bridgehead atoms. The zero-order chi connectivity index (χ0) is 14.1. The average Bonchev–Trinajstić information content (AvgIpc) is 2.19. The van der Waals surface area contributed by atoms with E-state index < -0.39 is 8.32 Å². The van der Waals surface area contributed by atoms with Crippen LogP contribution in [0.25, 0.3) is 0 Å². The molecule has 0 heterocycles. The van der Waals surface area contributed by atoms with Gasteiger partial charge in [0.05, 0.1) is 6.10 Å². The highest BCUT2D eigenvalue weighted by atomic mass is 35.5. The Bertz CT molecular complexity index is 426. The van der Waals surface area contributed by atoms with Crippen LogP contribution in [0.1, 0.15) is 39.4 Å². The highest BCUT2D eigenvalue weighted by Crippen LogP contribution is 2.40. The summed E-state index contributed by atoms with van der Waals surface area (Å²) in [5, 5.41) is 0.907. The van der Waals surface area contributed by atoms with E-state index in [0.29, 0.717) is 0 Å². The molecule has 0 aliphatic carbocycles. The highest BCUT2D eigenvalue weighted by Gasteiger charge is 2.38. The first-order valence-electron chi connectivity index (χ1n) is 6.27. The SMILES string of the molecule is CC(O[Si](C)(C)C(C)(C)C)c1cc(N)ccc1Cl. The van der Waals surface area contributed by atoms with Crippen molar-refractivity contribution in [3.63, 3.8) is 0 Å². The fourth-order valence-electron chi connectivity index (χ4n) is 1.56. The summed E-state index contributed by atoms with van der Waals surface area (Å²) in [4.78, 5) is 0. The Hall–Kier alpha value is -0.513. The second-order valence-corrected chi connectivity index (χ2v) is 11.5. The second-order valence-electron chi connectivity index (χ2n) is 6.30. The standard InChI is InChI=1S/C14H24ClNOSi/c1-10(17-18(5,6)14(2,3)4)12-9-11(16)7-8-13(12)15/h7-10H,16H2,1-6H3. The van der Waals surface area contributed by atoms with Crippen LogP contribution in [-0.4, -0.2) is 8.32 Å². The van der Waals surface area contributed by atoms with E-state index in [1.807, 2.05) is 25.1 Å². The Morgan fingerprint density at radius 1 is 1.28 bits per heavy atom. The van der Waals surface area contributed by atoms with Gasteiger partial charge in [0.2, 0.25) is 0 Å². The summed E-state index contributed by atoms with van der Waals surface area (Å²) in [7, 11) is -1.79. The number of anilines is 1. The molecule has 0 aromatic heterocycles. The molecule has 0 saturated carbocycles. The zero-order valence-corrected chi connectivity index (χ0v) is 13.9. The first-order valence-corrected chi connectivity index (χ1v) is 9.56. The normalized spacial score (nSPS) is 14.6. The first-order chi connectivity index (χ1) is 8.04. The molecule has 0 spiro atoms. The van der Waals surface area contributed by atoms with Gasteiger partial charge >= 0.3 is 0 Å². The van der Waals surface area contributed by atoms with Gasteiger partial charge in [-0.1, -0.05) is 32.4 Å². The van der Waals surface area contributed by atoms with Crippen molar-refractivity contribution >= 4 is 25.6 Å². The molecule has 0 amide bonds. The molecule has 4 heteroatoms. The fraction of sp³-hybridized carbons (Fsp3) is 0.571. The van der Waals surface area contributed by atoms with Crippen molar-refractivity contribution in [2.75, 3.05) is 5.73 Å². The molecule has 1 aromatic rings. The smallest absolute Gasteiger partial charge is 0.192 e. The molecule has 0 saturated heterocycles. The number of hydrogen-bond acceptors (Lipinski definition) is 2. The summed E-state index contributed by atoms with van der Waals surface area (Å²) in [6.45, 7) is 13.2. The van der Waals surface area contributed by atoms with Gasteiger partial charge < -0.3 is 10.2 Å². The van der Waals surface area contributed by atoms with Crippen LogP contribution in [0, 0.1) is 0 Å². The Kier molecular flexibility index (Phi) is 4.52. The van der Waals surface area contributed by atoms with Crippen LogP contribution in [0.2, 0.25) is 23.2 Å². The van der Waals surface area contributed by atoms with Gasteiger partial charge in [0.15, 0.2) is 8.32 Å². The van der Waals surface area contributed by atoms with Crippen LogP contribution < -0.4 is 5.73 Å². The molecule has 1 rings (SSSR count). The molecule has 0 aliphatic heterocycles. The summed E-state index contributed by atoms with van der Waals surface area (Å²) in [6, 6.07) is 5.54. The highest BCUT2D eigenvalue weighted by molar-refractivity contribution is 6.74. The number of hydrogen-bond donors (Lipinski definition) is 1. The maximum absolute atomic E-state index is 6.32. The van der Waals surface area contributed by atoms with Gasteiger partial charge in [-0.3, -0.25) is 0 Å². The largest absolute Gasteiger partial charge is 0.410 e. The summed E-state index contributed by atoms with van der Waals surface area (Å²) < 4.78 is 6.32. The molecule has 0 fully saturated rings. The van der Waals surface area contributed by atoms with Crippen LogP contribution in [0.4, 0.5) is 5.69 Å². The summed E-state index contributed by atoms with van der Waals surface area (Å²) >= 11 is 6.21. The van der Waals surface area contributed by atoms with E-state index in [0.717, 1.165) is 16.3 Å². The Morgan fingerprint density at radius 2 is 1.83 bits per heavy atom. The van der Waals surface area contributed by atoms with Crippen LogP contribution in [0.5, 0.6) is 0 Å². The third-order valence-electron chi connectivity index (χ3n) is 3.74. The van der Waals surface area contributed by atoms with Gasteiger partial charge in [0, 0.05) is 10.7 Å². The average molecular weight is 286 g/mol. The number of halogens is 1. The lowest BCUT2D eigenvalue weighted by Gasteiger charge is -2.38. The second kappa shape index (κ2) is 5.23. The maximum atomic E-state index is 6.32. The van der Waals surface area contributed by atoms with Crippen LogP contribution in [0.15, 0.2) is 18.2 Å². The van der Waals surface area contributed by atoms with Gasteiger partial charge in [-0.2, -0.15) is 0 Å². The van der Waals surface area contributed by atoms with Crippen LogP contribution in [-0.2, 0) is 4.43 Å². The Labute approximate surface area is 117 Å². The van der Waals surface area contributed by atoms with E-state index in [9.17, 15) is 0 Å². The molecule has 0 aliphatic rings. The third kappa shape index (κ3) is 3.50. The van der Waals surface area contributed by atoms with E-state index >= 15 is 0 Å². The lowest BCUT2D eigenvalue weighted by molar-refractivity contribution is 0.203. The molecule has 1 aromatic carbocycles. The summed E-state index contributed by atoms with van der Waals surface area (Å²) in [5.74, 6) is 0. The van der Waals surface area contributed by atoms with Crippen molar-refractivity contribution < 1.29 is 4.43 Å². The lowest BCUT2D eigenvalue weighted by atomic mass is 10.1. The van der Waals surface area contributed by atoms with Gasteiger partial charge in [-0.05, 0) is 48.8 Å². The van der Waals surface area contributed by atoms with Crippen molar-refractivity contribution in [1.29, 1.82) is 0 Å². The predicted molar refractivity (Wildman–Crippen MR) is 82.6 cm³/mol. The van der Waals surface area contributed by atoms with Gasteiger partial charge in [0.25, 0.3) is 0 Å². The van der Waals surface area contributed by atoms with Crippen molar-refractivity contribution in [2.45, 2.75) is 51.9 Å². The van der Waals surface area contributed by atoms with E-state index in [1.165, 1.54) is 0 Å². The zero-order valence-electron chi connectivity index (χ0n) is 12.2. The molecular weight excluding hydrogens is 262 g/mol. The Morgan fingerprint density at radius 3 is 2.33 bits per heavy atom. The molecule has 2 N–H and O–H groups in total. The lowest BCUT2D eigenvalue weighted by Crippen LogP contribution is -2.41. The summed E-state index contributed by atoms with van der Waals surface area (Å²) in [6.07, 6.45) is -0.0260. The topological polar surface area (TPSA) is 35.2 Å². The van der Waals surface area contributed by atoms with Crippen molar-refractivity contribution in [1.82, 2.24) is 0 Å². The predicted octanol–water partition coefficient (Wildman–Crippen LogP) is 5.01. The fourth-order valence-corrected chi connectivity index (χ4v) is 3.19. The minimum atomic E-state index is -1.79. The van der Waals surface area contributed by atoms with Crippen molar-refractivity contribution in [3.8, 4) is 0 Å². The quantitative estimate of drug-likeness (QED) is 0.626. The van der Waals surface area contributed by atoms with Crippen molar-refractivity contribution in [2.24, 2.45) is 0 Å². The minimum absolute atomic E-state index is 0.0260. The van der Waals surface area contributed by atoms with Crippen molar-refractivity contribution in [3.05, 3.63) is 28.8 Å². The number of nitrogen functional groups attached to an aromatic ring is 1. The van der Waals surface area contributed by atoms with E-state index in [4.69, 9.17) is 21.8 Å². The monoisotopic (exact) mass is 285 g/mol. The molecule has 0 radical (unpaired) electrons. The molecule has 1 unspecified atom stereocenters. The molecule has 1 atom stereocenters. The summed E-state index contributed by atoms with van der Waals surface area (Å²) in [5.41, 5.74) is 7.51. The van der Waals surface area contributed by atoms with E-state index in [2.05, 4.69) is 33.9 Å². The third-order valence-corrected chi connectivity index (χ3v) is 8.64. The van der Waals surface area contributed by atoms with Gasteiger partial charge in [0.1, 0.15) is 0 Å². The van der Waals surface area contributed by atoms with Gasteiger partial charge in [-0.25, -0.2) is 0 Å². The number of rotatable bonds is 3. The minimum Gasteiger partial charge on any atom is -0.410 e. The first kappa shape index (κ1) is 15.5. The molecular formula is C14H24ClNOSi. The number of nitrogens with two attached hydrogens (primary N) is 1. The Balaban J connectivity index is 2.95. The maximum Gasteiger partial charge on any atom is 0.192 e. The molecule has 2 nitrogen and oxygen atoms in total. The van der Waals surface area contributed by atoms with E-state index in [-0.39, 0.29) is 11.1 Å². The van der Waals surface area contributed by atoms with Gasteiger partial charge in [-0.15, -0.1) is 0 Å². The molecule has 102 valence electrons.